The van der Waals surface area contributed by atoms with Crippen LogP contribution in [-0.4, -0.2) is 8.42 Å². The molecule has 2 aromatic carbocycles. The van der Waals surface area contributed by atoms with E-state index in [1.54, 1.807) is 0 Å². The van der Waals surface area contributed by atoms with Crippen LogP contribution in [0.1, 0.15) is 5.56 Å². The summed E-state index contributed by atoms with van der Waals surface area (Å²) in [6, 6.07) is 7.40. The van der Waals surface area contributed by atoms with Crippen LogP contribution in [0, 0.1) is 5.82 Å². The number of hydrogen-bond acceptors (Lipinski definition) is 2. The summed E-state index contributed by atoms with van der Waals surface area (Å²) in [5.41, 5.74) is -0.939. The van der Waals surface area contributed by atoms with Crippen molar-refractivity contribution >= 4 is 19.7 Å². The molecule has 0 amide bonds. The summed E-state index contributed by atoms with van der Waals surface area (Å²) in [7, 11) is 0.481. The molecule has 2 rings (SSSR count). The molecule has 0 saturated heterocycles. The molecule has 0 aromatic heterocycles. The first-order valence-electron chi connectivity index (χ1n) is 5.51. The largest absolute Gasteiger partial charge is 0.417 e. The van der Waals surface area contributed by atoms with E-state index in [1.165, 1.54) is 18.2 Å². The smallest absolute Gasteiger partial charge is 0.207 e. The Kier molecular flexibility index (Phi) is 3.99. The van der Waals surface area contributed by atoms with E-state index in [-0.39, 0.29) is 5.56 Å². The highest BCUT2D eigenvalue weighted by Crippen LogP contribution is 2.38. The number of alkyl halides is 3. The minimum Gasteiger partial charge on any atom is -0.207 e. The van der Waals surface area contributed by atoms with Crippen LogP contribution in [0.25, 0.3) is 11.1 Å². The molecule has 0 aliphatic carbocycles. The van der Waals surface area contributed by atoms with Crippen molar-refractivity contribution in [2.75, 3.05) is 0 Å². The zero-order valence-electron chi connectivity index (χ0n) is 10.2. The van der Waals surface area contributed by atoms with Gasteiger partial charge in [0, 0.05) is 10.7 Å². The minimum atomic E-state index is -4.88. The summed E-state index contributed by atoms with van der Waals surface area (Å²) < 4.78 is 74.1. The summed E-state index contributed by atoms with van der Waals surface area (Å²) in [6.45, 7) is 0. The first-order valence-corrected chi connectivity index (χ1v) is 7.82. The van der Waals surface area contributed by atoms with Gasteiger partial charge in [0.2, 0.25) is 0 Å². The van der Waals surface area contributed by atoms with Gasteiger partial charge >= 0.3 is 6.18 Å². The number of halogens is 5. The Morgan fingerprint density at radius 3 is 1.90 bits per heavy atom. The van der Waals surface area contributed by atoms with Crippen LogP contribution in [0.15, 0.2) is 47.4 Å². The minimum absolute atomic E-state index is 0.103. The van der Waals surface area contributed by atoms with Crippen LogP contribution in [-0.2, 0) is 15.2 Å². The second kappa shape index (κ2) is 5.31. The molecule has 0 atom stereocenters. The molecule has 0 radical (unpaired) electrons. The second-order valence-electron chi connectivity index (χ2n) is 4.15. The van der Waals surface area contributed by atoms with Crippen molar-refractivity contribution in [1.82, 2.24) is 0 Å². The second-order valence-corrected chi connectivity index (χ2v) is 6.69. The van der Waals surface area contributed by atoms with E-state index < -0.39 is 31.5 Å². The van der Waals surface area contributed by atoms with E-state index in [9.17, 15) is 26.0 Å². The van der Waals surface area contributed by atoms with E-state index in [0.717, 1.165) is 18.2 Å². The van der Waals surface area contributed by atoms with Crippen molar-refractivity contribution in [3.05, 3.63) is 53.8 Å². The Balaban J connectivity index is 2.65. The van der Waals surface area contributed by atoms with Gasteiger partial charge in [0.1, 0.15) is 5.82 Å². The summed E-state index contributed by atoms with van der Waals surface area (Å²) in [4.78, 5) is -1.01. The summed E-state index contributed by atoms with van der Waals surface area (Å²) in [5, 5.41) is 0. The Labute approximate surface area is 122 Å². The van der Waals surface area contributed by atoms with Crippen molar-refractivity contribution in [3.8, 4) is 11.1 Å². The SMILES string of the molecule is O=S(=O)(Cl)c1ccc(-c2ccc(F)cc2)cc1C(F)(F)F. The van der Waals surface area contributed by atoms with Crippen molar-refractivity contribution < 1.29 is 26.0 Å². The van der Waals surface area contributed by atoms with Crippen LogP contribution in [0.5, 0.6) is 0 Å². The topological polar surface area (TPSA) is 34.1 Å². The number of hydrogen-bond donors (Lipinski definition) is 0. The Hall–Kier alpha value is -1.60. The molecule has 0 fully saturated rings. The van der Waals surface area contributed by atoms with Crippen LogP contribution < -0.4 is 0 Å². The highest BCUT2D eigenvalue weighted by molar-refractivity contribution is 8.13. The maximum Gasteiger partial charge on any atom is 0.417 e. The Morgan fingerprint density at radius 1 is 0.905 bits per heavy atom. The molecule has 0 spiro atoms. The molecule has 8 heteroatoms. The molecular formula is C13H7ClF4O2S. The zero-order valence-corrected chi connectivity index (χ0v) is 11.7. The van der Waals surface area contributed by atoms with Gasteiger partial charge in [0.05, 0.1) is 10.5 Å². The average molecular weight is 339 g/mol. The average Bonchev–Trinajstić information content (AvgIpc) is 2.37. The van der Waals surface area contributed by atoms with E-state index in [0.29, 0.717) is 11.6 Å². The summed E-state index contributed by atoms with van der Waals surface area (Å²) >= 11 is 0. The van der Waals surface area contributed by atoms with E-state index in [4.69, 9.17) is 10.7 Å². The van der Waals surface area contributed by atoms with Gasteiger partial charge in [0.15, 0.2) is 0 Å². The molecule has 112 valence electrons. The van der Waals surface area contributed by atoms with E-state index in [1.807, 2.05) is 0 Å². The third-order valence-electron chi connectivity index (χ3n) is 2.73. The molecule has 0 heterocycles. The standard InChI is InChI=1S/C13H7ClF4O2S/c14-21(19,20)12-6-3-9(7-11(12)13(16,17)18)8-1-4-10(15)5-2-8/h1-7H. The maximum atomic E-state index is 13.0. The van der Waals surface area contributed by atoms with Gasteiger partial charge in [-0.1, -0.05) is 18.2 Å². The molecule has 0 unspecified atom stereocenters. The monoisotopic (exact) mass is 338 g/mol. The summed E-state index contributed by atoms with van der Waals surface area (Å²) in [5.74, 6) is -0.533. The fourth-order valence-electron chi connectivity index (χ4n) is 1.79. The lowest BCUT2D eigenvalue weighted by Gasteiger charge is -2.12. The van der Waals surface area contributed by atoms with Gasteiger partial charge in [0.25, 0.3) is 9.05 Å². The Bertz CT molecular complexity index is 768. The van der Waals surface area contributed by atoms with Gasteiger partial charge in [-0.2, -0.15) is 13.2 Å². The van der Waals surface area contributed by atoms with Crippen molar-refractivity contribution in [3.63, 3.8) is 0 Å². The number of rotatable bonds is 2. The molecule has 2 nitrogen and oxygen atoms in total. The predicted molar refractivity (Wildman–Crippen MR) is 69.9 cm³/mol. The van der Waals surface area contributed by atoms with Gasteiger partial charge in [-0.15, -0.1) is 0 Å². The maximum absolute atomic E-state index is 13.0. The zero-order chi connectivity index (χ0) is 15.8. The van der Waals surface area contributed by atoms with Crippen LogP contribution in [0.2, 0.25) is 0 Å². The molecule has 21 heavy (non-hydrogen) atoms. The molecule has 0 saturated carbocycles. The van der Waals surface area contributed by atoms with Crippen LogP contribution >= 0.6 is 10.7 Å². The first kappa shape index (κ1) is 15.8. The lowest BCUT2D eigenvalue weighted by Crippen LogP contribution is -2.10. The lowest BCUT2D eigenvalue weighted by atomic mass is 10.0. The van der Waals surface area contributed by atoms with Gasteiger partial charge in [-0.3, -0.25) is 0 Å². The van der Waals surface area contributed by atoms with Gasteiger partial charge in [-0.05, 0) is 35.4 Å². The number of benzene rings is 2. The predicted octanol–water partition coefficient (Wildman–Crippen LogP) is 4.44. The third-order valence-corrected chi connectivity index (χ3v) is 4.11. The first-order chi connectivity index (χ1) is 9.59. The quantitative estimate of drug-likeness (QED) is 0.599. The molecule has 0 aliphatic rings. The normalized spacial score (nSPS) is 12.4. The highest BCUT2D eigenvalue weighted by Gasteiger charge is 2.37. The van der Waals surface area contributed by atoms with Gasteiger partial charge in [-0.25, -0.2) is 12.8 Å². The fourth-order valence-corrected chi connectivity index (χ4v) is 2.86. The molecule has 2 aromatic rings. The van der Waals surface area contributed by atoms with Crippen molar-refractivity contribution in [2.24, 2.45) is 0 Å². The Morgan fingerprint density at radius 2 is 1.43 bits per heavy atom. The van der Waals surface area contributed by atoms with E-state index in [2.05, 4.69) is 0 Å². The molecular weight excluding hydrogens is 332 g/mol. The third kappa shape index (κ3) is 3.54. The molecule has 0 aliphatic heterocycles. The fraction of sp³-hybridized carbons (Fsp3) is 0.0769. The lowest BCUT2D eigenvalue weighted by molar-refractivity contribution is -0.139. The van der Waals surface area contributed by atoms with Crippen molar-refractivity contribution in [1.29, 1.82) is 0 Å². The highest BCUT2D eigenvalue weighted by atomic mass is 35.7. The van der Waals surface area contributed by atoms with Crippen molar-refractivity contribution in [2.45, 2.75) is 11.1 Å². The molecule has 0 N–H and O–H groups in total. The van der Waals surface area contributed by atoms with Crippen LogP contribution in [0.3, 0.4) is 0 Å². The molecule has 0 bridgehead atoms. The van der Waals surface area contributed by atoms with Gasteiger partial charge < -0.3 is 0 Å². The van der Waals surface area contributed by atoms with Crippen LogP contribution in [0.4, 0.5) is 17.6 Å². The van der Waals surface area contributed by atoms with E-state index >= 15 is 0 Å². The summed E-state index contributed by atoms with van der Waals surface area (Å²) in [6.07, 6.45) is -4.88.